The van der Waals surface area contributed by atoms with Crippen LogP contribution in [-0.4, -0.2) is 19.5 Å². The SMILES string of the molecule is Cn1ccnc1Sc1ccc(Nc2c(C#N)cnc3cc(-c4ccc(Cl)cn4)ccc23)cc1Cl. The number of fused-ring (bicyclic) bond motifs is 1. The fourth-order valence-electron chi connectivity index (χ4n) is 3.47. The molecule has 3 aromatic heterocycles. The van der Waals surface area contributed by atoms with Crippen LogP contribution >= 0.6 is 35.0 Å². The third-order valence-corrected chi connectivity index (χ3v) is 6.99. The van der Waals surface area contributed by atoms with E-state index in [1.54, 1.807) is 24.7 Å². The Morgan fingerprint density at radius 2 is 1.88 bits per heavy atom. The molecule has 0 aliphatic rings. The molecule has 0 bridgehead atoms. The molecule has 0 radical (unpaired) electrons. The molecule has 0 atom stereocenters. The molecule has 0 amide bonds. The predicted molar refractivity (Wildman–Crippen MR) is 137 cm³/mol. The number of benzene rings is 2. The van der Waals surface area contributed by atoms with Crippen LogP contribution in [0.1, 0.15) is 5.56 Å². The van der Waals surface area contributed by atoms with Gasteiger partial charge in [0.05, 0.1) is 32.5 Å². The normalized spacial score (nSPS) is 10.9. The number of imidazole rings is 1. The van der Waals surface area contributed by atoms with Crippen LogP contribution in [0.3, 0.4) is 0 Å². The van der Waals surface area contributed by atoms with E-state index in [9.17, 15) is 5.26 Å². The Bertz CT molecular complexity index is 1560. The number of halogens is 2. The number of nitrogens with one attached hydrogen (secondary N) is 1. The number of pyridine rings is 2. The van der Waals surface area contributed by atoms with Crippen molar-refractivity contribution in [2.75, 3.05) is 5.32 Å². The van der Waals surface area contributed by atoms with E-state index in [0.717, 1.165) is 37.9 Å². The number of hydrogen-bond acceptors (Lipinski definition) is 6. The average Bonchev–Trinajstić information content (AvgIpc) is 3.25. The molecule has 5 aromatic rings. The minimum atomic E-state index is 0.437. The number of nitriles is 1. The second-order valence-electron chi connectivity index (χ2n) is 7.45. The minimum Gasteiger partial charge on any atom is -0.354 e. The molecule has 1 N–H and O–H groups in total. The van der Waals surface area contributed by atoms with Crippen molar-refractivity contribution in [1.29, 1.82) is 5.26 Å². The predicted octanol–water partition coefficient (Wildman–Crippen LogP) is 7.10. The molecule has 0 spiro atoms. The lowest BCUT2D eigenvalue weighted by atomic mass is 10.0. The maximum absolute atomic E-state index is 9.69. The first-order valence-electron chi connectivity index (χ1n) is 10.2. The third-order valence-electron chi connectivity index (χ3n) is 5.19. The lowest BCUT2D eigenvalue weighted by Crippen LogP contribution is -1.97. The lowest BCUT2D eigenvalue weighted by Gasteiger charge is -2.13. The number of nitrogens with zero attached hydrogens (tertiary/aromatic N) is 5. The fourth-order valence-corrected chi connectivity index (χ4v) is 4.69. The van der Waals surface area contributed by atoms with Gasteiger partial charge in [-0.1, -0.05) is 41.0 Å². The Labute approximate surface area is 210 Å². The highest BCUT2D eigenvalue weighted by molar-refractivity contribution is 7.99. The summed E-state index contributed by atoms with van der Waals surface area (Å²) in [5.74, 6) is 0. The molecule has 34 heavy (non-hydrogen) atoms. The van der Waals surface area contributed by atoms with Crippen LogP contribution in [0.4, 0.5) is 11.4 Å². The Balaban J connectivity index is 1.49. The molecule has 0 aliphatic carbocycles. The molecule has 9 heteroatoms. The molecule has 2 aromatic carbocycles. The van der Waals surface area contributed by atoms with Crippen molar-refractivity contribution in [3.05, 3.63) is 88.9 Å². The van der Waals surface area contributed by atoms with Crippen molar-refractivity contribution in [2.45, 2.75) is 10.1 Å². The molecular formula is C25H16Cl2N6S. The van der Waals surface area contributed by atoms with Gasteiger partial charge in [0, 0.05) is 53.4 Å². The zero-order valence-electron chi connectivity index (χ0n) is 17.8. The summed E-state index contributed by atoms with van der Waals surface area (Å²) < 4.78 is 1.93. The Kier molecular flexibility index (Phi) is 6.12. The summed E-state index contributed by atoms with van der Waals surface area (Å²) in [7, 11) is 1.94. The molecule has 5 rings (SSSR count). The molecule has 0 aliphatic heterocycles. The van der Waals surface area contributed by atoms with Crippen molar-refractivity contribution in [3.63, 3.8) is 0 Å². The first-order valence-corrected chi connectivity index (χ1v) is 11.8. The van der Waals surface area contributed by atoms with E-state index in [0.29, 0.717) is 21.3 Å². The van der Waals surface area contributed by atoms with Gasteiger partial charge in [0.1, 0.15) is 6.07 Å². The van der Waals surface area contributed by atoms with Gasteiger partial charge in [-0.3, -0.25) is 9.97 Å². The van der Waals surface area contributed by atoms with Gasteiger partial charge in [-0.05, 0) is 42.5 Å². The largest absolute Gasteiger partial charge is 0.354 e. The molecule has 166 valence electrons. The van der Waals surface area contributed by atoms with Crippen molar-refractivity contribution in [3.8, 4) is 17.3 Å². The summed E-state index contributed by atoms with van der Waals surface area (Å²) in [4.78, 5) is 14.1. The number of anilines is 2. The smallest absolute Gasteiger partial charge is 0.172 e. The molecule has 0 fully saturated rings. The molecular weight excluding hydrogens is 487 g/mol. The number of hydrogen-bond donors (Lipinski definition) is 1. The van der Waals surface area contributed by atoms with Crippen molar-refractivity contribution >= 4 is 57.2 Å². The Hall–Kier alpha value is -3.57. The van der Waals surface area contributed by atoms with Crippen LogP contribution in [0.5, 0.6) is 0 Å². The van der Waals surface area contributed by atoms with Crippen LogP contribution < -0.4 is 5.32 Å². The van der Waals surface area contributed by atoms with E-state index < -0.39 is 0 Å². The average molecular weight is 503 g/mol. The van der Waals surface area contributed by atoms with Crippen LogP contribution in [0.15, 0.2) is 83.4 Å². The van der Waals surface area contributed by atoms with Gasteiger partial charge < -0.3 is 9.88 Å². The highest BCUT2D eigenvalue weighted by Crippen LogP contribution is 2.36. The molecule has 0 unspecified atom stereocenters. The number of aromatic nitrogens is 4. The fraction of sp³-hybridized carbons (Fsp3) is 0.0400. The van der Waals surface area contributed by atoms with Gasteiger partial charge in [-0.15, -0.1) is 0 Å². The molecule has 0 saturated carbocycles. The summed E-state index contributed by atoms with van der Waals surface area (Å²) in [6, 6.07) is 17.4. The van der Waals surface area contributed by atoms with E-state index in [1.165, 1.54) is 11.8 Å². The van der Waals surface area contributed by atoms with Crippen molar-refractivity contribution in [2.24, 2.45) is 7.05 Å². The molecule has 0 saturated heterocycles. The Morgan fingerprint density at radius 1 is 1.00 bits per heavy atom. The van der Waals surface area contributed by atoms with Crippen LogP contribution in [0.2, 0.25) is 10.0 Å². The topological polar surface area (TPSA) is 79.4 Å². The summed E-state index contributed by atoms with van der Waals surface area (Å²) in [5.41, 5.74) is 4.31. The summed E-state index contributed by atoms with van der Waals surface area (Å²) in [6.45, 7) is 0. The van der Waals surface area contributed by atoms with E-state index in [2.05, 4.69) is 26.3 Å². The summed E-state index contributed by atoms with van der Waals surface area (Å²) in [6.07, 6.45) is 6.81. The number of rotatable bonds is 5. The van der Waals surface area contributed by atoms with Gasteiger partial charge >= 0.3 is 0 Å². The minimum absolute atomic E-state index is 0.437. The van der Waals surface area contributed by atoms with Crippen molar-refractivity contribution < 1.29 is 0 Å². The van der Waals surface area contributed by atoms with Crippen LogP contribution in [0, 0.1) is 11.3 Å². The number of aryl methyl sites for hydroxylation is 1. The zero-order chi connectivity index (χ0) is 23.7. The highest BCUT2D eigenvalue weighted by Gasteiger charge is 2.13. The monoisotopic (exact) mass is 502 g/mol. The van der Waals surface area contributed by atoms with Crippen molar-refractivity contribution in [1.82, 2.24) is 19.5 Å². The van der Waals surface area contributed by atoms with Gasteiger partial charge in [-0.2, -0.15) is 5.26 Å². The molecule has 3 heterocycles. The van der Waals surface area contributed by atoms with E-state index in [4.69, 9.17) is 23.2 Å². The third kappa shape index (κ3) is 4.44. The summed E-state index contributed by atoms with van der Waals surface area (Å²) in [5, 5.41) is 15.9. The maximum Gasteiger partial charge on any atom is 0.172 e. The van der Waals surface area contributed by atoms with E-state index in [1.807, 2.05) is 60.3 Å². The second-order valence-corrected chi connectivity index (χ2v) is 9.30. The van der Waals surface area contributed by atoms with Gasteiger partial charge in [0.25, 0.3) is 0 Å². The van der Waals surface area contributed by atoms with Gasteiger partial charge in [0.15, 0.2) is 5.16 Å². The first-order chi connectivity index (χ1) is 16.5. The van der Waals surface area contributed by atoms with E-state index >= 15 is 0 Å². The lowest BCUT2D eigenvalue weighted by molar-refractivity contribution is 0.790. The van der Waals surface area contributed by atoms with Crippen LogP contribution in [-0.2, 0) is 7.05 Å². The first kappa shape index (κ1) is 22.2. The molecule has 6 nitrogen and oxygen atoms in total. The Morgan fingerprint density at radius 3 is 2.59 bits per heavy atom. The summed E-state index contributed by atoms with van der Waals surface area (Å²) >= 11 is 14.0. The van der Waals surface area contributed by atoms with E-state index in [-0.39, 0.29) is 0 Å². The highest BCUT2D eigenvalue weighted by atomic mass is 35.5. The standard InChI is InChI=1S/C25H16Cl2N6S/c1-33-9-8-29-25(33)34-23-7-4-18(11-20(23)27)32-24-16(12-28)13-30-22-10-15(2-5-19(22)24)21-6-3-17(26)14-31-21/h2-11,13-14H,1H3,(H,30,32). The van der Waals surface area contributed by atoms with Crippen LogP contribution in [0.25, 0.3) is 22.2 Å². The van der Waals surface area contributed by atoms with Gasteiger partial charge in [0.2, 0.25) is 0 Å². The maximum atomic E-state index is 9.69. The quantitative estimate of drug-likeness (QED) is 0.276. The second kappa shape index (κ2) is 9.35. The van der Waals surface area contributed by atoms with Gasteiger partial charge in [-0.25, -0.2) is 4.98 Å². The zero-order valence-corrected chi connectivity index (χ0v) is 20.2.